The third kappa shape index (κ3) is 2.79. The first-order chi connectivity index (χ1) is 9.76. The molecule has 0 unspecified atom stereocenters. The van der Waals surface area contributed by atoms with Crippen LogP contribution in [0.15, 0.2) is 28.8 Å². The standard InChI is InChI=1S/C14H15N3O3/c1-19-11-6-4-9(5-7-11)13-16-12(20-17-13)8-15-14(18)10-2-3-10/h4-7,10H,2-3,8H2,1H3,(H,15,18). The van der Waals surface area contributed by atoms with Crippen LogP contribution in [0.25, 0.3) is 11.4 Å². The maximum absolute atomic E-state index is 11.5. The molecule has 0 atom stereocenters. The number of carbonyl (C=O) groups excluding carboxylic acids is 1. The van der Waals surface area contributed by atoms with Gasteiger partial charge in [0.05, 0.1) is 13.7 Å². The van der Waals surface area contributed by atoms with Gasteiger partial charge in [0, 0.05) is 11.5 Å². The van der Waals surface area contributed by atoms with Gasteiger partial charge in [-0.15, -0.1) is 0 Å². The molecule has 0 saturated heterocycles. The summed E-state index contributed by atoms with van der Waals surface area (Å²) in [7, 11) is 1.62. The summed E-state index contributed by atoms with van der Waals surface area (Å²) in [6.07, 6.45) is 1.96. The summed E-state index contributed by atoms with van der Waals surface area (Å²) in [4.78, 5) is 15.8. The van der Waals surface area contributed by atoms with Gasteiger partial charge in [0.1, 0.15) is 5.75 Å². The Labute approximate surface area is 116 Å². The number of nitrogens with one attached hydrogen (secondary N) is 1. The molecule has 1 fully saturated rings. The van der Waals surface area contributed by atoms with E-state index in [1.54, 1.807) is 7.11 Å². The first-order valence-corrected chi connectivity index (χ1v) is 6.51. The van der Waals surface area contributed by atoms with Crippen LogP contribution in [0.2, 0.25) is 0 Å². The van der Waals surface area contributed by atoms with Crippen LogP contribution in [0.1, 0.15) is 18.7 Å². The molecule has 0 bridgehead atoms. The van der Waals surface area contributed by atoms with Gasteiger partial charge in [-0.2, -0.15) is 4.98 Å². The fraction of sp³-hybridized carbons (Fsp3) is 0.357. The van der Waals surface area contributed by atoms with Gasteiger partial charge in [-0.1, -0.05) is 5.16 Å². The molecule has 20 heavy (non-hydrogen) atoms. The molecular weight excluding hydrogens is 258 g/mol. The lowest BCUT2D eigenvalue weighted by Crippen LogP contribution is -2.24. The van der Waals surface area contributed by atoms with Crippen LogP contribution in [0.3, 0.4) is 0 Å². The Morgan fingerprint density at radius 1 is 1.40 bits per heavy atom. The topological polar surface area (TPSA) is 77.3 Å². The van der Waals surface area contributed by atoms with Crippen molar-refractivity contribution >= 4 is 5.91 Å². The van der Waals surface area contributed by atoms with Crippen molar-refractivity contribution in [1.29, 1.82) is 0 Å². The fourth-order valence-electron chi connectivity index (χ4n) is 1.84. The maximum atomic E-state index is 11.5. The van der Waals surface area contributed by atoms with E-state index in [1.165, 1.54) is 0 Å². The summed E-state index contributed by atoms with van der Waals surface area (Å²) in [5.41, 5.74) is 0.842. The van der Waals surface area contributed by atoms with Gasteiger partial charge in [-0.25, -0.2) is 0 Å². The van der Waals surface area contributed by atoms with E-state index in [9.17, 15) is 4.79 Å². The molecule has 1 aromatic heterocycles. The zero-order chi connectivity index (χ0) is 13.9. The number of amides is 1. The molecule has 1 aromatic carbocycles. The molecule has 1 heterocycles. The number of methoxy groups -OCH3 is 1. The zero-order valence-electron chi connectivity index (χ0n) is 11.1. The lowest BCUT2D eigenvalue weighted by atomic mass is 10.2. The summed E-state index contributed by atoms with van der Waals surface area (Å²) in [6.45, 7) is 0.276. The predicted molar refractivity (Wildman–Crippen MR) is 70.9 cm³/mol. The molecule has 0 spiro atoms. The predicted octanol–water partition coefficient (Wildman–Crippen LogP) is 1.77. The number of ether oxygens (including phenoxy) is 1. The number of hydrogen-bond acceptors (Lipinski definition) is 5. The molecule has 1 aliphatic carbocycles. The fourth-order valence-corrected chi connectivity index (χ4v) is 1.84. The average Bonchev–Trinajstić information content (AvgIpc) is 3.24. The third-order valence-corrected chi connectivity index (χ3v) is 3.18. The zero-order valence-corrected chi connectivity index (χ0v) is 11.1. The molecule has 6 nitrogen and oxygen atoms in total. The Morgan fingerprint density at radius 3 is 2.80 bits per heavy atom. The molecule has 6 heteroatoms. The molecule has 104 valence electrons. The minimum absolute atomic E-state index is 0.0641. The summed E-state index contributed by atoms with van der Waals surface area (Å²) in [6, 6.07) is 7.38. The monoisotopic (exact) mass is 273 g/mol. The molecule has 1 N–H and O–H groups in total. The van der Waals surface area contributed by atoms with Gasteiger partial charge in [0.2, 0.25) is 17.6 Å². The Hall–Kier alpha value is -2.37. The summed E-state index contributed by atoms with van der Waals surface area (Å²) < 4.78 is 10.2. The van der Waals surface area contributed by atoms with Crippen LogP contribution in [-0.4, -0.2) is 23.2 Å². The highest BCUT2D eigenvalue weighted by atomic mass is 16.5. The largest absolute Gasteiger partial charge is 0.497 e. The smallest absolute Gasteiger partial charge is 0.246 e. The lowest BCUT2D eigenvalue weighted by molar-refractivity contribution is -0.122. The van der Waals surface area contributed by atoms with E-state index in [0.29, 0.717) is 11.7 Å². The Morgan fingerprint density at radius 2 is 2.15 bits per heavy atom. The second-order valence-electron chi connectivity index (χ2n) is 4.73. The molecule has 1 aliphatic rings. The first kappa shape index (κ1) is 12.7. The van der Waals surface area contributed by atoms with Gasteiger partial charge in [-0.3, -0.25) is 4.79 Å². The van der Waals surface area contributed by atoms with E-state index in [1.807, 2.05) is 24.3 Å². The molecule has 1 amide bonds. The highest BCUT2D eigenvalue weighted by Gasteiger charge is 2.29. The van der Waals surface area contributed by atoms with Crippen molar-refractivity contribution in [1.82, 2.24) is 15.5 Å². The van der Waals surface area contributed by atoms with Crippen LogP contribution in [0.5, 0.6) is 5.75 Å². The van der Waals surface area contributed by atoms with Crippen molar-refractivity contribution in [2.75, 3.05) is 7.11 Å². The van der Waals surface area contributed by atoms with Crippen molar-refractivity contribution in [3.05, 3.63) is 30.2 Å². The van der Waals surface area contributed by atoms with E-state index in [-0.39, 0.29) is 18.4 Å². The van der Waals surface area contributed by atoms with E-state index >= 15 is 0 Å². The number of aromatic nitrogens is 2. The Kier molecular flexibility index (Phi) is 3.37. The number of hydrogen-bond donors (Lipinski definition) is 1. The highest BCUT2D eigenvalue weighted by Crippen LogP contribution is 2.28. The summed E-state index contributed by atoms with van der Waals surface area (Å²) in [5, 5.41) is 6.69. The summed E-state index contributed by atoms with van der Waals surface area (Å²) in [5.74, 6) is 1.93. The minimum Gasteiger partial charge on any atom is -0.497 e. The van der Waals surface area contributed by atoms with Gasteiger partial charge < -0.3 is 14.6 Å². The normalized spacial score (nSPS) is 14.1. The SMILES string of the molecule is COc1ccc(-c2noc(CNC(=O)C3CC3)n2)cc1. The number of rotatable bonds is 5. The minimum atomic E-state index is 0.0641. The van der Waals surface area contributed by atoms with E-state index in [4.69, 9.17) is 9.26 Å². The number of carbonyl (C=O) groups is 1. The van der Waals surface area contributed by atoms with Crippen LogP contribution in [-0.2, 0) is 11.3 Å². The molecular formula is C14H15N3O3. The Balaban J connectivity index is 1.64. The maximum Gasteiger partial charge on any atom is 0.246 e. The number of benzene rings is 1. The third-order valence-electron chi connectivity index (χ3n) is 3.18. The molecule has 1 saturated carbocycles. The second-order valence-corrected chi connectivity index (χ2v) is 4.73. The van der Waals surface area contributed by atoms with Gasteiger partial charge in [0.25, 0.3) is 0 Å². The average molecular weight is 273 g/mol. The van der Waals surface area contributed by atoms with Crippen molar-refractivity contribution in [2.45, 2.75) is 19.4 Å². The van der Waals surface area contributed by atoms with Crippen LogP contribution >= 0.6 is 0 Å². The van der Waals surface area contributed by atoms with E-state index in [0.717, 1.165) is 24.2 Å². The van der Waals surface area contributed by atoms with Crippen molar-refractivity contribution in [3.8, 4) is 17.1 Å². The van der Waals surface area contributed by atoms with Crippen molar-refractivity contribution in [2.24, 2.45) is 5.92 Å². The van der Waals surface area contributed by atoms with E-state index in [2.05, 4.69) is 15.5 Å². The van der Waals surface area contributed by atoms with Crippen LogP contribution in [0.4, 0.5) is 0 Å². The molecule has 2 aromatic rings. The number of nitrogens with zero attached hydrogens (tertiary/aromatic N) is 2. The molecule has 3 rings (SSSR count). The van der Waals surface area contributed by atoms with Gasteiger partial charge >= 0.3 is 0 Å². The lowest BCUT2D eigenvalue weighted by Gasteiger charge is -1.99. The second kappa shape index (κ2) is 5.32. The Bertz CT molecular complexity index is 602. The van der Waals surface area contributed by atoms with E-state index < -0.39 is 0 Å². The highest BCUT2D eigenvalue weighted by molar-refractivity contribution is 5.80. The van der Waals surface area contributed by atoms with Gasteiger partial charge in [0.15, 0.2) is 0 Å². The quantitative estimate of drug-likeness (QED) is 0.898. The first-order valence-electron chi connectivity index (χ1n) is 6.51. The van der Waals surface area contributed by atoms with Crippen molar-refractivity contribution in [3.63, 3.8) is 0 Å². The summed E-state index contributed by atoms with van der Waals surface area (Å²) >= 11 is 0. The van der Waals surface area contributed by atoms with Crippen LogP contribution < -0.4 is 10.1 Å². The molecule has 0 radical (unpaired) electrons. The van der Waals surface area contributed by atoms with Crippen LogP contribution in [0, 0.1) is 5.92 Å². The van der Waals surface area contributed by atoms with Crippen molar-refractivity contribution < 1.29 is 14.1 Å². The van der Waals surface area contributed by atoms with Gasteiger partial charge in [-0.05, 0) is 37.1 Å². The molecule has 0 aliphatic heterocycles.